The third kappa shape index (κ3) is 4.24. The summed E-state index contributed by atoms with van der Waals surface area (Å²) in [5.74, 6) is 1.03. The molecular formula is C15H29N3O4S. The molecule has 3 fully saturated rings. The predicted octanol–water partition coefficient (Wildman–Crippen LogP) is -0.366. The lowest BCUT2D eigenvalue weighted by molar-refractivity contribution is 0.0601. The molecule has 1 saturated carbocycles. The average molecular weight is 347 g/mol. The van der Waals surface area contributed by atoms with E-state index in [9.17, 15) is 8.42 Å². The zero-order valence-corrected chi connectivity index (χ0v) is 14.7. The van der Waals surface area contributed by atoms with Gasteiger partial charge in [0.25, 0.3) is 10.2 Å². The van der Waals surface area contributed by atoms with Gasteiger partial charge in [-0.25, -0.2) is 0 Å². The van der Waals surface area contributed by atoms with Crippen molar-refractivity contribution in [2.75, 3.05) is 46.4 Å². The van der Waals surface area contributed by atoms with E-state index in [-0.39, 0.29) is 18.8 Å². The van der Waals surface area contributed by atoms with Crippen molar-refractivity contribution >= 4 is 10.2 Å². The summed E-state index contributed by atoms with van der Waals surface area (Å²) in [6, 6.07) is -0.0285. The van der Waals surface area contributed by atoms with Gasteiger partial charge < -0.3 is 9.84 Å². The molecule has 0 aromatic heterocycles. The Morgan fingerprint density at radius 1 is 1.17 bits per heavy atom. The van der Waals surface area contributed by atoms with Crippen LogP contribution >= 0.6 is 0 Å². The number of ether oxygens (including phenoxy) is 1. The molecule has 3 rings (SSSR count). The highest BCUT2D eigenvalue weighted by Gasteiger charge is 2.44. The number of likely N-dealkylation sites (tertiary alicyclic amines) is 1. The minimum absolute atomic E-state index is 0.0285. The molecule has 0 unspecified atom stereocenters. The molecule has 0 bridgehead atoms. The molecule has 2 aliphatic heterocycles. The zero-order valence-electron chi connectivity index (χ0n) is 13.9. The van der Waals surface area contributed by atoms with E-state index in [0.29, 0.717) is 38.0 Å². The monoisotopic (exact) mass is 347 g/mol. The summed E-state index contributed by atoms with van der Waals surface area (Å²) in [7, 11) is -1.75. The number of hydrogen-bond donors (Lipinski definition) is 2. The fraction of sp³-hybridized carbons (Fsp3) is 1.00. The number of β-amino-alcohol motifs (C(OH)–C–C–N with tert-alkyl or cyclic N) is 1. The second-order valence-electron chi connectivity index (χ2n) is 7.05. The smallest absolute Gasteiger partial charge is 0.279 e. The summed E-state index contributed by atoms with van der Waals surface area (Å²) >= 11 is 0. The standard InChI is InChI=1S/C15H29N3O4S/c1-22-13-4-6-18(7-5-13)23(20,21)16-15-11-17(8-9-19)10-14(15)12-2-3-12/h12-16,19H,2-11H2,1H3/t14-,15+/m1/s1. The molecule has 0 aromatic rings. The van der Waals surface area contributed by atoms with Crippen molar-refractivity contribution in [3.8, 4) is 0 Å². The lowest BCUT2D eigenvalue weighted by Crippen LogP contribution is -2.51. The topological polar surface area (TPSA) is 82.1 Å². The first-order valence-corrected chi connectivity index (χ1v) is 10.1. The van der Waals surface area contributed by atoms with Crippen LogP contribution in [0.15, 0.2) is 0 Å². The number of piperidine rings is 1. The van der Waals surface area contributed by atoms with Crippen LogP contribution in [-0.2, 0) is 14.9 Å². The van der Waals surface area contributed by atoms with Crippen LogP contribution in [0.5, 0.6) is 0 Å². The third-order valence-corrected chi connectivity index (χ3v) is 7.10. The van der Waals surface area contributed by atoms with Gasteiger partial charge in [-0.1, -0.05) is 0 Å². The van der Waals surface area contributed by atoms with Gasteiger partial charge in [0.2, 0.25) is 0 Å². The Labute approximate surface area is 139 Å². The second-order valence-corrected chi connectivity index (χ2v) is 8.75. The van der Waals surface area contributed by atoms with Crippen LogP contribution in [0, 0.1) is 11.8 Å². The fourth-order valence-electron chi connectivity index (χ4n) is 3.94. The lowest BCUT2D eigenvalue weighted by atomic mass is 9.99. The van der Waals surface area contributed by atoms with Crippen LogP contribution in [0.25, 0.3) is 0 Å². The van der Waals surface area contributed by atoms with E-state index in [1.165, 1.54) is 12.8 Å². The molecule has 8 heteroatoms. The van der Waals surface area contributed by atoms with Crippen molar-refractivity contribution in [1.82, 2.24) is 13.9 Å². The molecule has 7 nitrogen and oxygen atoms in total. The van der Waals surface area contributed by atoms with E-state index < -0.39 is 10.2 Å². The van der Waals surface area contributed by atoms with Crippen molar-refractivity contribution in [2.24, 2.45) is 11.8 Å². The molecule has 2 saturated heterocycles. The normalized spacial score (nSPS) is 31.7. The van der Waals surface area contributed by atoms with E-state index >= 15 is 0 Å². The van der Waals surface area contributed by atoms with Gasteiger partial charge in [-0.2, -0.15) is 17.4 Å². The zero-order chi connectivity index (χ0) is 16.4. The second kappa shape index (κ2) is 7.33. The maximum atomic E-state index is 12.7. The van der Waals surface area contributed by atoms with Crippen LogP contribution in [0.1, 0.15) is 25.7 Å². The minimum atomic E-state index is -3.44. The predicted molar refractivity (Wildman–Crippen MR) is 87.2 cm³/mol. The van der Waals surface area contributed by atoms with Crippen LogP contribution in [0.3, 0.4) is 0 Å². The summed E-state index contributed by atoms with van der Waals surface area (Å²) in [6.45, 7) is 3.39. The van der Waals surface area contributed by atoms with Gasteiger partial charge in [0.15, 0.2) is 0 Å². The summed E-state index contributed by atoms with van der Waals surface area (Å²) in [4.78, 5) is 2.17. The van der Waals surface area contributed by atoms with Crippen molar-refractivity contribution in [2.45, 2.75) is 37.8 Å². The highest BCUT2D eigenvalue weighted by atomic mass is 32.2. The van der Waals surface area contributed by atoms with Crippen LogP contribution < -0.4 is 4.72 Å². The number of aliphatic hydroxyl groups is 1. The maximum Gasteiger partial charge on any atom is 0.279 e. The lowest BCUT2D eigenvalue weighted by Gasteiger charge is -2.32. The van der Waals surface area contributed by atoms with Gasteiger partial charge in [0.1, 0.15) is 0 Å². The van der Waals surface area contributed by atoms with E-state index in [1.807, 2.05) is 0 Å². The fourth-order valence-corrected chi connectivity index (χ4v) is 5.41. The third-order valence-electron chi connectivity index (χ3n) is 5.46. The minimum Gasteiger partial charge on any atom is -0.395 e. The number of nitrogens with one attached hydrogen (secondary N) is 1. The molecule has 1 aliphatic carbocycles. The van der Waals surface area contributed by atoms with Crippen molar-refractivity contribution in [3.05, 3.63) is 0 Å². The summed E-state index contributed by atoms with van der Waals surface area (Å²) in [5, 5.41) is 9.14. The van der Waals surface area contributed by atoms with Crippen molar-refractivity contribution in [3.63, 3.8) is 0 Å². The van der Waals surface area contributed by atoms with Gasteiger partial charge in [0, 0.05) is 45.9 Å². The highest BCUT2D eigenvalue weighted by molar-refractivity contribution is 7.87. The first-order chi connectivity index (χ1) is 11.0. The number of methoxy groups -OCH3 is 1. The van der Waals surface area contributed by atoms with Crippen molar-refractivity contribution in [1.29, 1.82) is 0 Å². The first kappa shape index (κ1) is 17.6. The summed E-state index contributed by atoms with van der Waals surface area (Å²) in [5.41, 5.74) is 0. The Bertz CT molecular complexity index is 489. The molecule has 0 amide bonds. The largest absolute Gasteiger partial charge is 0.395 e. The Hall–Kier alpha value is -0.250. The Morgan fingerprint density at radius 3 is 2.43 bits per heavy atom. The summed E-state index contributed by atoms with van der Waals surface area (Å²) < 4.78 is 35.2. The first-order valence-electron chi connectivity index (χ1n) is 8.67. The Balaban J connectivity index is 1.60. The molecule has 23 heavy (non-hydrogen) atoms. The summed E-state index contributed by atoms with van der Waals surface area (Å²) in [6.07, 6.45) is 4.09. The van der Waals surface area contributed by atoms with E-state index in [2.05, 4.69) is 9.62 Å². The number of rotatable bonds is 7. The molecule has 0 spiro atoms. The molecule has 134 valence electrons. The Kier molecular flexibility index (Phi) is 5.60. The molecular weight excluding hydrogens is 318 g/mol. The van der Waals surface area contributed by atoms with Gasteiger partial charge in [0.05, 0.1) is 12.7 Å². The quantitative estimate of drug-likeness (QED) is 0.657. The van der Waals surface area contributed by atoms with E-state index in [1.54, 1.807) is 11.4 Å². The number of hydrogen-bond acceptors (Lipinski definition) is 5. The van der Waals surface area contributed by atoms with Crippen molar-refractivity contribution < 1.29 is 18.3 Å². The van der Waals surface area contributed by atoms with Gasteiger partial charge >= 0.3 is 0 Å². The van der Waals surface area contributed by atoms with Gasteiger partial charge in [-0.05, 0) is 37.5 Å². The molecule has 2 heterocycles. The highest BCUT2D eigenvalue weighted by Crippen LogP contribution is 2.41. The number of aliphatic hydroxyl groups excluding tert-OH is 1. The number of nitrogens with zero attached hydrogens (tertiary/aromatic N) is 2. The van der Waals surface area contributed by atoms with Crippen LogP contribution in [0.4, 0.5) is 0 Å². The van der Waals surface area contributed by atoms with Gasteiger partial charge in [-0.3, -0.25) is 4.90 Å². The Morgan fingerprint density at radius 2 is 1.87 bits per heavy atom. The molecule has 2 atom stereocenters. The van der Waals surface area contributed by atoms with Crippen LogP contribution in [-0.4, -0.2) is 81.3 Å². The molecule has 3 aliphatic rings. The average Bonchev–Trinajstić information content (AvgIpc) is 3.31. The van der Waals surface area contributed by atoms with Gasteiger partial charge in [-0.15, -0.1) is 0 Å². The maximum absolute atomic E-state index is 12.7. The van der Waals surface area contributed by atoms with E-state index in [0.717, 1.165) is 19.4 Å². The molecule has 0 radical (unpaired) electrons. The molecule has 2 N–H and O–H groups in total. The SMILES string of the molecule is COC1CCN(S(=O)(=O)N[C@H]2CN(CCO)C[C@@H]2C2CC2)CC1. The van der Waals surface area contributed by atoms with E-state index in [4.69, 9.17) is 9.84 Å². The van der Waals surface area contributed by atoms with Crippen LogP contribution in [0.2, 0.25) is 0 Å². The molecule has 0 aromatic carbocycles.